The number of ketones is 1. The van der Waals surface area contributed by atoms with Crippen LogP contribution in [0.15, 0.2) is 16.6 Å². The molecule has 6 heteroatoms. The number of rotatable bonds is 3. The first-order valence-electron chi connectivity index (χ1n) is 4.99. The molecule has 17 heavy (non-hydrogen) atoms. The Bertz CT molecular complexity index is 500. The second-order valence-corrected chi connectivity index (χ2v) is 4.21. The van der Waals surface area contributed by atoms with E-state index < -0.39 is 11.7 Å². The van der Waals surface area contributed by atoms with Gasteiger partial charge in [-0.25, -0.2) is 0 Å². The van der Waals surface area contributed by atoms with Crippen LogP contribution in [0.3, 0.4) is 0 Å². The molecule has 1 aliphatic rings. The minimum absolute atomic E-state index is 0.287. The summed E-state index contributed by atoms with van der Waals surface area (Å²) in [5, 5.41) is 1.02. The van der Waals surface area contributed by atoms with Crippen molar-refractivity contribution in [2.45, 2.75) is 6.92 Å². The van der Waals surface area contributed by atoms with E-state index in [1.54, 1.807) is 13.0 Å². The summed E-state index contributed by atoms with van der Waals surface area (Å²) in [4.78, 5) is 28.6. The van der Waals surface area contributed by atoms with Crippen LogP contribution in [-0.4, -0.2) is 25.4 Å². The normalized spacial score (nSPS) is 14.2. The predicted molar refractivity (Wildman–Crippen MR) is 64.1 cm³/mol. The quantitative estimate of drug-likeness (QED) is 0.801. The van der Waals surface area contributed by atoms with E-state index in [2.05, 4.69) is 15.9 Å². The van der Waals surface area contributed by atoms with Crippen LogP contribution in [-0.2, 0) is 9.63 Å². The molecule has 0 radical (unpaired) electrons. The van der Waals surface area contributed by atoms with Gasteiger partial charge < -0.3 is 4.74 Å². The zero-order valence-corrected chi connectivity index (χ0v) is 10.9. The highest BCUT2D eigenvalue weighted by Crippen LogP contribution is 2.39. The lowest BCUT2D eigenvalue weighted by atomic mass is 10.1. The van der Waals surface area contributed by atoms with Gasteiger partial charge in [-0.1, -0.05) is 0 Å². The summed E-state index contributed by atoms with van der Waals surface area (Å²) in [5.74, 6) is -0.765. The van der Waals surface area contributed by atoms with Gasteiger partial charge in [0.05, 0.1) is 25.0 Å². The van der Waals surface area contributed by atoms with E-state index in [1.807, 2.05) is 0 Å². The van der Waals surface area contributed by atoms with Gasteiger partial charge in [-0.2, -0.15) is 5.06 Å². The average molecular weight is 300 g/mol. The first-order valence-corrected chi connectivity index (χ1v) is 5.78. The molecule has 0 fully saturated rings. The lowest BCUT2D eigenvalue weighted by Gasteiger charge is -2.16. The van der Waals surface area contributed by atoms with Crippen molar-refractivity contribution in [1.29, 1.82) is 0 Å². The van der Waals surface area contributed by atoms with Gasteiger partial charge in [0.25, 0.3) is 5.78 Å². The van der Waals surface area contributed by atoms with E-state index in [9.17, 15) is 9.59 Å². The zero-order chi connectivity index (χ0) is 12.6. The van der Waals surface area contributed by atoms with E-state index in [4.69, 9.17) is 9.57 Å². The molecular formula is C11H10BrNO4. The third-order valence-electron chi connectivity index (χ3n) is 2.36. The van der Waals surface area contributed by atoms with E-state index >= 15 is 0 Å². The molecule has 1 heterocycles. The van der Waals surface area contributed by atoms with Crippen LogP contribution in [0.1, 0.15) is 17.3 Å². The fourth-order valence-corrected chi connectivity index (χ4v) is 2.23. The summed E-state index contributed by atoms with van der Waals surface area (Å²) in [5.41, 5.74) is 0.720. The number of amides is 1. The lowest BCUT2D eigenvalue weighted by Crippen LogP contribution is -2.29. The molecule has 1 amide bonds. The monoisotopic (exact) mass is 299 g/mol. The zero-order valence-electron chi connectivity index (χ0n) is 9.32. The van der Waals surface area contributed by atoms with Crippen LogP contribution < -0.4 is 9.80 Å². The fraction of sp³-hybridized carbons (Fsp3) is 0.273. The summed E-state index contributed by atoms with van der Waals surface area (Å²) in [6.45, 7) is 2.05. The van der Waals surface area contributed by atoms with Crippen LogP contribution in [0.2, 0.25) is 0 Å². The highest BCUT2D eigenvalue weighted by Gasteiger charge is 2.39. The number of halogens is 1. The van der Waals surface area contributed by atoms with Gasteiger partial charge in [0.1, 0.15) is 5.75 Å². The predicted octanol–water partition coefficient (Wildman–Crippen LogP) is 1.94. The molecule has 2 rings (SSSR count). The summed E-state index contributed by atoms with van der Waals surface area (Å²) in [7, 11) is 1.50. The van der Waals surface area contributed by atoms with Crippen LogP contribution in [0.5, 0.6) is 5.75 Å². The molecule has 0 aromatic heterocycles. The number of methoxy groups -OCH3 is 1. The minimum Gasteiger partial charge on any atom is -0.497 e. The maximum Gasteiger partial charge on any atom is 0.323 e. The first-order chi connectivity index (χ1) is 8.10. The summed E-state index contributed by atoms with van der Waals surface area (Å²) in [6.07, 6.45) is 0. The van der Waals surface area contributed by atoms with Crippen molar-refractivity contribution in [3.05, 3.63) is 22.2 Å². The number of hydroxylamine groups is 1. The maximum absolute atomic E-state index is 11.8. The molecule has 0 aliphatic carbocycles. The summed E-state index contributed by atoms with van der Waals surface area (Å²) >= 11 is 3.30. The number of hydrogen-bond acceptors (Lipinski definition) is 4. The molecule has 1 aromatic carbocycles. The highest BCUT2D eigenvalue weighted by molar-refractivity contribution is 9.10. The highest BCUT2D eigenvalue weighted by atomic mass is 79.9. The molecular weight excluding hydrogens is 290 g/mol. The number of ether oxygens (including phenoxy) is 1. The second kappa shape index (κ2) is 4.46. The van der Waals surface area contributed by atoms with Gasteiger partial charge in [-0.15, -0.1) is 0 Å². The van der Waals surface area contributed by atoms with Crippen molar-refractivity contribution >= 4 is 33.3 Å². The molecule has 90 valence electrons. The molecule has 0 saturated carbocycles. The number of anilines is 1. The van der Waals surface area contributed by atoms with Crippen LogP contribution >= 0.6 is 15.9 Å². The summed E-state index contributed by atoms with van der Waals surface area (Å²) in [6, 6.07) is 3.20. The van der Waals surface area contributed by atoms with Gasteiger partial charge in [-0.3, -0.25) is 14.4 Å². The van der Waals surface area contributed by atoms with Crippen LogP contribution in [0, 0.1) is 0 Å². The molecule has 0 bridgehead atoms. The van der Waals surface area contributed by atoms with Gasteiger partial charge >= 0.3 is 5.91 Å². The third-order valence-corrected chi connectivity index (χ3v) is 2.96. The molecule has 0 spiro atoms. The van der Waals surface area contributed by atoms with Crippen LogP contribution in [0.25, 0.3) is 0 Å². The van der Waals surface area contributed by atoms with Gasteiger partial charge in [-0.05, 0) is 35.0 Å². The number of nitrogens with zero attached hydrogens (tertiary/aromatic N) is 1. The molecule has 0 unspecified atom stereocenters. The van der Waals surface area contributed by atoms with Crippen molar-refractivity contribution in [2.24, 2.45) is 0 Å². The van der Waals surface area contributed by atoms with E-state index in [0.717, 1.165) is 5.06 Å². The number of carbonyl (C=O) groups is 2. The average Bonchev–Trinajstić information content (AvgIpc) is 2.55. The second-order valence-electron chi connectivity index (χ2n) is 3.35. The van der Waals surface area contributed by atoms with Gasteiger partial charge in [0.15, 0.2) is 0 Å². The van der Waals surface area contributed by atoms with Crippen molar-refractivity contribution in [3.8, 4) is 5.75 Å². The Labute approximate surface area is 106 Å². The summed E-state index contributed by atoms with van der Waals surface area (Å²) < 4.78 is 5.63. The molecule has 0 saturated heterocycles. The molecule has 1 aliphatic heterocycles. The maximum atomic E-state index is 11.8. The minimum atomic E-state index is -0.684. The Balaban J connectivity index is 2.58. The molecule has 1 aromatic rings. The smallest absolute Gasteiger partial charge is 0.323 e. The molecule has 0 atom stereocenters. The Morgan fingerprint density at radius 1 is 1.35 bits per heavy atom. The Morgan fingerprint density at radius 3 is 2.65 bits per heavy atom. The van der Waals surface area contributed by atoms with E-state index in [1.165, 1.54) is 13.2 Å². The first kappa shape index (κ1) is 12.1. The van der Waals surface area contributed by atoms with Crippen molar-refractivity contribution in [3.63, 3.8) is 0 Å². The van der Waals surface area contributed by atoms with E-state index in [0.29, 0.717) is 22.5 Å². The SMILES string of the molecule is CCON1C(=O)C(=O)c2cc(OC)cc(Br)c21. The van der Waals surface area contributed by atoms with Crippen molar-refractivity contribution < 1.29 is 19.2 Å². The van der Waals surface area contributed by atoms with Gasteiger partial charge in [0.2, 0.25) is 0 Å². The lowest BCUT2D eigenvalue weighted by molar-refractivity contribution is -0.120. The molecule has 0 N–H and O–H groups in total. The number of fused-ring (bicyclic) bond motifs is 1. The largest absolute Gasteiger partial charge is 0.497 e. The van der Waals surface area contributed by atoms with Crippen LogP contribution in [0.4, 0.5) is 5.69 Å². The number of benzene rings is 1. The van der Waals surface area contributed by atoms with Gasteiger partial charge in [0, 0.05) is 4.47 Å². The fourth-order valence-electron chi connectivity index (χ4n) is 1.63. The third kappa shape index (κ3) is 1.83. The van der Waals surface area contributed by atoms with E-state index in [-0.39, 0.29) is 5.56 Å². The number of Topliss-reactive ketones (excluding diaryl/α,β-unsaturated/α-hetero) is 1. The van der Waals surface area contributed by atoms with Crippen molar-refractivity contribution in [2.75, 3.05) is 18.8 Å². The number of hydrogen-bond donors (Lipinski definition) is 0. The Hall–Kier alpha value is -1.40. The Morgan fingerprint density at radius 2 is 2.06 bits per heavy atom. The topological polar surface area (TPSA) is 55.8 Å². The van der Waals surface area contributed by atoms with Crippen molar-refractivity contribution in [1.82, 2.24) is 0 Å². The standard InChI is InChI=1S/C11H10BrNO4/c1-3-17-13-9-7(10(14)11(13)15)4-6(16-2)5-8(9)12/h4-5H,3H2,1-2H3. The molecule has 5 nitrogen and oxygen atoms in total. The number of carbonyl (C=O) groups excluding carboxylic acids is 2. The Kier molecular flexibility index (Phi) is 3.17.